The number of nitrogens with zero attached hydrogens (tertiary/aromatic N) is 1. The number of carbonyl (C=O) groups is 1. The Labute approximate surface area is 113 Å². The predicted octanol–water partition coefficient (Wildman–Crippen LogP) is 1.18. The average Bonchev–Trinajstić information content (AvgIpc) is 2.97. The average molecular weight is 260 g/mol. The molecule has 1 aliphatic heterocycles. The highest BCUT2D eigenvalue weighted by Gasteiger charge is 2.22. The minimum Gasteiger partial charge on any atom is -0.392 e. The molecule has 2 aliphatic rings. The number of benzene rings is 1. The van der Waals surface area contributed by atoms with Gasteiger partial charge in [-0.05, 0) is 48.9 Å². The summed E-state index contributed by atoms with van der Waals surface area (Å²) in [5, 5.41) is 12.4. The SMILES string of the molecule is O=C(CN1CC[C@@H](O)C1)Nc1ccc2c(c1)CCC2. The summed E-state index contributed by atoms with van der Waals surface area (Å²) in [4.78, 5) is 13.9. The molecule has 1 aromatic carbocycles. The van der Waals surface area contributed by atoms with Crippen LogP contribution in [0.5, 0.6) is 0 Å². The van der Waals surface area contributed by atoms with Crippen LogP contribution in [0, 0.1) is 0 Å². The van der Waals surface area contributed by atoms with Gasteiger partial charge in [0.2, 0.25) is 5.91 Å². The Kier molecular flexibility index (Phi) is 3.53. The fourth-order valence-corrected chi connectivity index (χ4v) is 3.01. The van der Waals surface area contributed by atoms with Gasteiger partial charge in [0.05, 0.1) is 12.6 Å². The van der Waals surface area contributed by atoms with E-state index in [0.717, 1.165) is 31.5 Å². The number of amides is 1. The fourth-order valence-electron chi connectivity index (χ4n) is 3.01. The third-order valence-corrected chi connectivity index (χ3v) is 4.00. The van der Waals surface area contributed by atoms with Crippen LogP contribution in [0.25, 0.3) is 0 Å². The van der Waals surface area contributed by atoms with Crippen LogP contribution in [0.4, 0.5) is 5.69 Å². The first-order valence-electron chi connectivity index (χ1n) is 7.03. The fraction of sp³-hybridized carbons (Fsp3) is 0.533. The molecule has 0 radical (unpaired) electrons. The minimum absolute atomic E-state index is 0.00652. The number of β-amino-alcohol motifs (C(OH)–C–C–N with tert-alkyl or cyclic N) is 1. The Hall–Kier alpha value is -1.39. The van der Waals surface area contributed by atoms with E-state index in [4.69, 9.17) is 0 Å². The van der Waals surface area contributed by atoms with E-state index in [2.05, 4.69) is 17.4 Å². The summed E-state index contributed by atoms with van der Waals surface area (Å²) in [5.74, 6) is 0.00652. The lowest BCUT2D eigenvalue weighted by Gasteiger charge is -2.14. The van der Waals surface area contributed by atoms with Gasteiger partial charge in [0, 0.05) is 18.8 Å². The monoisotopic (exact) mass is 260 g/mol. The summed E-state index contributed by atoms with van der Waals surface area (Å²) >= 11 is 0. The van der Waals surface area contributed by atoms with E-state index in [9.17, 15) is 9.90 Å². The maximum absolute atomic E-state index is 11.9. The molecular formula is C15H20N2O2. The second kappa shape index (κ2) is 5.31. The van der Waals surface area contributed by atoms with E-state index in [1.54, 1.807) is 0 Å². The second-order valence-electron chi connectivity index (χ2n) is 5.56. The molecule has 1 aliphatic carbocycles. The van der Waals surface area contributed by atoms with Gasteiger partial charge in [-0.3, -0.25) is 9.69 Å². The van der Waals surface area contributed by atoms with Gasteiger partial charge in [0.15, 0.2) is 0 Å². The normalized spacial score (nSPS) is 22.5. The number of aryl methyl sites for hydroxylation is 2. The molecule has 0 saturated carbocycles. The lowest BCUT2D eigenvalue weighted by Crippen LogP contribution is -2.32. The van der Waals surface area contributed by atoms with Crippen molar-refractivity contribution >= 4 is 11.6 Å². The van der Waals surface area contributed by atoms with E-state index >= 15 is 0 Å². The van der Waals surface area contributed by atoms with Crippen molar-refractivity contribution in [3.63, 3.8) is 0 Å². The Balaban J connectivity index is 1.57. The molecule has 4 nitrogen and oxygen atoms in total. The summed E-state index contributed by atoms with van der Waals surface area (Å²) in [5.41, 5.74) is 3.68. The molecule has 1 heterocycles. The summed E-state index contributed by atoms with van der Waals surface area (Å²) in [6.07, 6.45) is 4.00. The summed E-state index contributed by atoms with van der Waals surface area (Å²) in [6.45, 7) is 1.78. The number of nitrogens with one attached hydrogen (secondary N) is 1. The molecule has 0 aromatic heterocycles. The highest BCUT2D eigenvalue weighted by Crippen LogP contribution is 2.24. The van der Waals surface area contributed by atoms with Gasteiger partial charge in [0.1, 0.15) is 0 Å². The number of likely N-dealkylation sites (tertiary alicyclic amines) is 1. The maximum Gasteiger partial charge on any atom is 0.238 e. The predicted molar refractivity (Wildman–Crippen MR) is 74.2 cm³/mol. The zero-order valence-corrected chi connectivity index (χ0v) is 11.1. The highest BCUT2D eigenvalue weighted by atomic mass is 16.3. The van der Waals surface area contributed by atoms with Crippen LogP contribution in [0.3, 0.4) is 0 Å². The van der Waals surface area contributed by atoms with E-state index < -0.39 is 0 Å². The first-order valence-corrected chi connectivity index (χ1v) is 7.03. The van der Waals surface area contributed by atoms with E-state index in [0.29, 0.717) is 13.1 Å². The number of rotatable bonds is 3. The Morgan fingerprint density at radius 1 is 1.37 bits per heavy atom. The standard InChI is InChI=1S/C15H20N2O2/c18-14-6-7-17(9-14)10-15(19)16-13-5-4-11-2-1-3-12(11)8-13/h4-5,8,14,18H,1-3,6-7,9-10H2,(H,16,19)/t14-/m1/s1. The molecular weight excluding hydrogens is 240 g/mol. The largest absolute Gasteiger partial charge is 0.392 e. The van der Waals surface area contributed by atoms with Gasteiger partial charge in [0.25, 0.3) is 0 Å². The van der Waals surface area contributed by atoms with Crippen LogP contribution in [-0.4, -0.2) is 41.7 Å². The number of hydrogen-bond donors (Lipinski definition) is 2. The first-order chi connectivity index (χ1) is 9.20. The molecule has 0 unspecified atom stereocenters. The second-order valence-corrected chi connectivity index (χ2v) is 5.56. The van der Waals surface area contributed by atoms with Crippen LogP contribution in [0.15, 0.2) is 18.2 Å². The molecule has 0 spiro atoms. The third-order valence-electron chi connectivity index (χ3n) is 4.00. The van der Waals surface area contributed by atoms with Crippen LogP contribution in [-0.2, 0) is 17.6 Å². The molecule has 102 valence electrons. The third kappa shape index (κ3) is 2.96. The Morgan fingerprint density at radius 2 is 2.21 bits per heavy atom. The highest BCUT2D eigenvalue weighted by molar-refractivity contribution is 5.92. The zero-order chi connectivity index (χ0) is 13.2. The Bertz CT molecular complexity index is 487. The van der Waals surface area contributed by atoms with Crippen molar-refractivity contribution in [3.8, 4) is 0 Å². The first kappa shape index (κ1) is 12.6. The number of carbonyl (C=O) groups excluding carboxylic acids is 1. The van der Waals surface area contributed by atoms with Crippen molar-refractivity contribution in [1.82, 2.24) is 4.90 Å². The topological polar surface area (TPSA) is 52.6 Å². The minimum atomic E-state index is -0.271. The van der Waals surface area contributed by atoms with Gasteiger partial charge >= 0.3 is 0 Å². The summed E-state index contributed by atoms with van der Waals surface area (Å²) in [6, 6.07) is 6.21. The van der Waals surface area contributed by atoms with E-state index in [-0.39, 0.29) is 12.0 Å². The number of fused-ring (bicyclic) bond motifs is 1. The molecule has 3 rings (SSSR count). The van der Waals surface area contributed by atoms with Crippen molar-refractivity contribution in [2.45, 2.75) is 31.8 Å². The molecule has 1 saturated heterocycles. The lowest BCUT2D eigenvalue weighted by molar-refractivity contribution is -0.117. The van der Waals surface area contributed by atoms with Crippen molar-refractivity contribution < 1.29 is 9.90 Å². The molecule has 1 atom stereocenters. The molecule has 1 amide bonds. The smallest absolute Gasteiger partial charge is 0.238 e. The van der Waals surface area contributed by atoms with Crippen LogP contribution in [0.2, 0.25) is 0 Å². The maximum atomic E-state index is 11.9. The molecule has 0 bridgehead atoms. The van der Waals surface area contributed by atoms with Crippen molar-refractivity contribution in [2.75, 3.05) is 25.0 Å². The van der Waals surface area contributed by atoms with Gasteiger partial charge < -0.3 is 10.4 Å². The molecule has 4 heteroatoms. The van der Waals surface area contributed by atoms with Gasteiger partial charge in [-0.2, -0.15) is 0 Å². The number of aliphatic hydroxyl groups excluding tert-OH is 1. The van der Waals surface area contributed by atoms with Gasteiger partial charge in [-0.15, -0.1) is 0 Å². The summed E-state index contributed by atoms with van der Waals surface area (Å²) in [7, 11) is 0. The van der Waals surface area contributed by atoms with Crippen LogP contribution < -0.4 is 5.32 Å². The van der Waals surface area contributed by atoms with Crippen molar-refractivity contribution in [3.05, 3.63) is 29.3 Å². The van der Waals surface area contributed by atoms with Gasteiger partial charge in [-0.25, -0.2) is 0 Å². The summed E-state index contributed by atoms with van der Waals surface area (Å²) < 4.78 is 0. The van der Waals surface area contributed by atoms with Gasteiger partial charge in [-0.1, -0.05) is 6.07 Å². The zero-order valence-electron chi connectivity index (χ0n) is 11.1. The van der Waals surface area contributed by atoms with Crippen LogP contribution in [0.1, 0.15) is 24.0 Å². The quantitative estimate of drug-likeness (QED) is 0.858. The Morgan fingerprint density at radius 3 is 3.00 bits per heavy atom. The van der Waals surface area contributed by atoms with Crippen LogP contribution >= 0.6 is 0 Å². The molecule has 19 heavy (non-hydrogen) atoms. The van der Waals surface area contributed by atoms with Crippen molar-refractivity contribution in [1.29, 1.82) is 0 Å². The van der Waals surface area contributed by atoms with E-state index in [1.807, 2.05) is 11.0 Å². The molecule has 2 N–H and O–H groups in total. The lowest BCUT2D eigenvalue weighted by atomic mass is 10.1. The molecule has 1 aromatic rings. The number of anilines is 1. The van der Waals surface area contributed by atoms with E-state index in [1.165, 1.54) is 17.5 Å². The molecule has 1 fully saturated rings. The number of hydrogen-bond acceptors (Lipinski definition) is 3. The van der Waals surface area contributed by atoms with Crippen molar-refractivity contribution in [2.24, 2.45) is 0 Å². The number of aliphatic hydroxyl groups is 1.